The van der Waals surface area contributed by atoms with Gasteiger partial charge >= 0.3 is 0 Å². The van der Waals surface area contributed by atoms with Crippen molar-refractivity contribution in [3.8, 4) is 5.75 Å². The van der Waals surface area contributed by atoms with Crippen LogP contribution in [-0.4, -0.2) is 12.1 Å². The van der Waals surface area contributed by atoms with Gasteiger partial charge in [-0.15, -0.1) is 0 Å². The maximum absolute atomic E-state index is 5.74. The highest BCUT2D eigenvalue weighted by Gasteiger charge is 2.33. The Labute approximate surface area is 123 Å². The Morgan fingerprint density at radius 3 is 2.40 bits per heavy atom. The molecule has 0 spiro atoms. The molecule has 1 fully saturated rings. The first-order chi connectivity index (χ1) is 9.78. The maximum atomic E-state index is 5.74. The average Bonchev–Trinajstić information content (AvgIpc) is 2.44. The zero-order chi connectivity index (χ0) is 14.3. The minimum atomic E-state index is 0.426. The van der Waals surface area contributed by atoms with Gasteiger partial charge in [0.25, 0.3) is 0 Å². The van der Waals surface area contributed by atoms with Crippen molar-refractivity contribution in [3.63, 3.8) is 0 Å². The molecule has 0 aromatic heterocycles. The molecule has 0 atom stereocenters. The van der Waals surface area contributed by atoms with E-state index in [1.54, 1.807) is 0 Å². The molecule has 2 rings (SSSR count). The van der Waals surface area contributed by atoms with E-state index < -0.39 is 0 Å². The molecule has 1 aromatic rings. The fourth-order valence-corrected chi connectivity index (χ4v) is 2.79. The van der Waals surface area contributed by atoms with E-state index in [9.17, 15) is 0 Å². The first-order valence-electron chi connectivity index (χ1n) is 8.25. The molecule has 0 amide bonds. The van der Waals surface area contributed by atoms with E-state index in [1.165, 1.54) is 44.1 Å². The number of ether oxygens (including phenoxy) is 1. The lowest BCUT2D eigenvalue weighted by atomic mass is 9.75. The van der Waals surface area contributed by atoms with Crippen LogP contribution in [0.15, 0.2) is 24.3 Å². The molecule has 1 saturated carbocycles. The van der Waals surface area contributed by atoms with Gasteiger partial charge in [0.1, 0.15) is 5.75 Å². The smallest absolute Gasteiger partial charge is 0.119 e. The van der Waals surface area contributed by atoms with Crippen LogP contribution < -0.4 is 10.1 Å². The van der Waals surface area contributed by atoms with E-state index in [1.807, 2.05) is 0 Å². The van der Waals surface area contributed by atoms with E-state index in [-0.39, 0.29) is 0 Å². The molecule has 1 aliphatic carbocycles. The minimum Gasteiger partial charge on any atom is -0.494 e. The summed E-state index contributed by atoms with van der Waals surface area (Å²) in [5.74, 6) is 0.999. The van der Waals surface area contributed by atoms with Crippen molar-refractivity contribution in [1.82, 2.24) is 5.32 Å². The Bertz CT molecular complexity index is 375. The van der Waals surface area contributed by atoms with Gasteiger partial charge in [0.15, 0.2) is 0 Å². The van der Waals surface area contributed by atoms with Crippen LogP contribution in [0.25, 0.3) is 0 Å². The van der Waals surface area contributed by atoms with Crippen LogP contribution in [0, 0.1) is 0 Å². The van der Waals surface area contributed by atoms with E-state index >= 15 is 0 Å². The molecule has 0 radical (unpaired) electrons. The van der Waals surface area contributed by atoms with Gasteiger partial charge in [0.2, 0.25) is 0 Å². The number of benzene rings is 1. The third kappa shape index (κ3) is 4.24. The van der Waals surface area contributed by atoms with Crippen molar-refractivity contribution in [2.45, 2.75) is 70.9 Å². The molecule has 0 aliphatic heterocycles. The molecule has 0 bridgehead atoms. The van der Waals surface area contributed by atoms with E-state index in [0.29, 0.717) is 5.54 Å². The Balaban J connectivity index is 1.73. The van der Waals surface area contributed by atoms with Gasteiger partial charge in [-0.1, -0.05) is 38.8 Å². The van der Waals surface area contributed by atoms with Crippen LogP contribution in [0.1, 0.15) is 64.4 Å². The van der Waals surface area contributed by atoms with E-state index in [4.69, 9.17) is 4.74 Å². The summed E-state index contributed by atoms with van der Waals surface area (Å²) < 4.78 is 5.74. The van der Waals surface area contributed by atoms with Crippen LogP contribution >= 0.6 is 0 Å². The number of nitrogens with one attached hydrogen (secondary N) is 1. The van der Waals surface area contributed by atoms with Crippen molar-refractivity contribution in [2.24, 2.45) is 0 Å². The van der Waals surface area contributed by atoms with Gasteiger partial charge in [0, 0.05) is 12.1 Å². The molecule has 2 heteroatoms. The van der Waals surface area contributed by atoms with Crippen LogP contribution in [0.5, 0.6) is 5.75 Å². The average molecular weight is 275 g/mol. The zero-order valence-electron chi connectivity index (χ0n) is 13.1. The molecule has 0 saturated heterocycles. The number of unbranched alkanes of at least 4 members (excludes halogenated alkanes) is 2. The minimum absolute atomic E-state index is 0.426. The fourth-order valence-electron chi connectivity index (χ4n) is 2.79. The lowest BCUT2D eigenvalue weighted by Gasteiger charge is -2.42. The third-order valence-corrected chi connectivity index (χ3v) is 4.59. The quantitative estimate of drug-likeness (QED) is 0.661. The number of hydrogen-bond donors (Lipinski definition) is 1. The summed E-state index contributed by atoms with van der Waals surface area (Å²) in [6, 6.07) is 8.57. The van der Waals surface area contributed by atoms with E-state index in [0.717, 1.165) is 25.3 Å². The van der Waals surface area contributed by atoms with Crippen molar-refractivity contribution in [1.29, 1.82) is 0 Å². The molecule has 2 nitrogen and oxygen atoms in total. The number of rotatable bonds is 9. The lowest BCUT2D eigenvalue weighted by molar-refractivity contribution is 0.175. The first-order valence-corrected chi connectivity index (χ1v) is 8.25. The van der Waals surface area contributed by atoms with Gasteiger partial charge in [-0.2, -0.15) is 0 Å². The SMILES string of the molecule is CCCCCOc1ccc(CNC2(CC)CCC2)cc1. The normalized spacial score (nSPS) is 16.7. The summed E-state index contributed by atoms with van der Waals surface area (Å²) in [4.78, 5) is 0. The molecule has 1 N–H and O–H groups in total. The molecule has 112 valence electrons. The second-order valence-electron chi connectivity index (χ2n) is 6.04. The predicted octanol–water partition coefficient (Wildman–Crippen LogP) is 4.68. The highest BCUT2D eigenvalue weighted by atomic mass is 16.5. The summed E-state index contributed by atoms with van der Waals surface area (Å²) in [5.41, 5.74) is 1.78. The summed E-state index contributed by atoms with van der Waals surface area (Å²) >= 11 is 0. The van der Waals surface area contributed by atoms with Crippen LogP contribution in [-0.2, 0) is 6.54 Å². The Hall–Kier alpha value is -1.02. The molecule has 1 aromatic carbocycles. The summed E-state index contributed by atoms with van der Waals surface area (Å²) in [6.45, 7) is 6.32. The number of hydrogen-bond acceptors (Lipinski definition) is 2. The molecule has 1 aliphatic rings. The summed E-state index contributed by atoms with van der Waals surface area (Å²) in [7, 11) is 0. The van der Waals surface area contributed by atoms with Gasteiger partial charge in [0.05, 0.1) is 6.61 Å². The molecule has 0 unspecified atom stereocenters. The highest BCUT2D eigenvalue weighted by molar-refractivity contribution is 5.27. The Kier molecular flexibility index (Phi) is 5.90. The predicted molar refractivity (Wildman–Crippen MR) is 85.2 cm³/mol. The largest absolute Gasteiger partial charge is 0.494 e. The molecule has 0 heterocycles. The third-order valence-electron chi connectivity index (χ3n) is 4.59. The van der Waals surface area contributed by atoms with Gasteiger partial charge in [-0.3, -0.25) is 0 Å². The van der Waals surface area contributed by atoms with Crippen molar-refractivity contribution in [2.75, 3.05) is 6.61 Å². The van der Waals surface area contributed by atoms with Gasteiger partial charge in [-0.25, -0.2) is 0 Å². The topological polar surface area (TPSA) is 21.3 Å². The first kappa shape index (κ1) is 15.4. The zero-order valence-corrected chi connectivity index (χ0v) is 13.1. The molecule has 20 heavy (non-hydrogen) atoms. The second kappa shape index (κ2) is 7.68. The van der Waals surface area contributed by atoms with Crippen molar-refractivity contribution < 1.29 is 4.74 Å². The van der Waals surface area contributed by atoms with Crippen LogP contribution in [0.4, 0.5) is 0 Å². The van der Waals surface area contributed by atoms with Gasteiger partial charge in [-0.05, 0) is 49.8 Å². The van der Waals surface area contributed by atoms with Crippen molar-refractivity contribution >= 4 is 0 Å². The van der Waals surface area contributed by atoms with Crippen LogP contribution in [0.2, 0.25) is 0 Å². The monoisotopic (exact) mass is 275 g/mol. The Morgan fingerprint density at radius 2 is 1.85 bits per heavy atom. The van der Waals surface area contributed by atoms with E-state index in [2.05, 4.69) is 43.4 Å². The lowest BCUT2D eigenvalue weighted by Crippen LogP contribution is -2.49. The van der Waals surface area contributed by atoms with Crippen LogP contribution in [0.3, 0.4) is 0 Å². The van der Waals surface area contributed by atoms with Crippen molar-refractivity contribution in [3.05, 3.63) is 29.8 Å². The molecular weight excluding hydrogens is 246 g/mol. The molecular formula is C18H29NO. The second-order valence-corrected chi connectivity index (χ2v) is 6.04. The highest BCUT2D eigenvalue weighted by Crippen LogP contribution is 2.34. The standard InChI is InChI=1S/C18H29NO/c1-3-5-6-14-20-17-10-8-16(9-11-17)15-19-18(4-2)12-7-13-18/h8-11,19H,3-7,12-15H2,1-2H3. The Morgan fingerprint density at radius 1 is 1.10 bits per heavy atom. The summed E-state index contributed by atoms with van der Waals surface area (Å²) in [6.07, 6.45) is 8.94. The fraction of sp³-hybridized carbons (Fsp3) is 0.667. The summed E-state index contributed by atoms with van der Waals surface area (Å²) in [5, 5.41) is 3.74. The van der Waals surface area contributed by atoms with Gasteiger partial charge < -0.3 is 10.1 Å². The maximum Gasteiger partial charge on any atom is 0.119 e.